The molecule has 2 rings (SSSR count). The monoisotopic (exact) mass is 317 g/mol. The molecule has 0 aliphatic carbocycles. The quantitative estimate of drug-likeness (QED) is 0.774. The minimum atomic E-state index is -3.35. The Labute approximate surface area is 128 Å². The first kappa shape index (κ1) is 16.7. The van der Waals surface area contributed by atoms with Crippen LogP contribution in [0.15, 0.2) is 0 Å². The van der Waals surface area contributed by atoms with Gasteiger partial charge >= 0.3 is 0 Å². The van der Waals surface area contributed by atoms with Gasteiger partial charge in [0.05, 0.1) is 0 Å². The summed E-state index contributed by atoms with van der Waals surface area (Å²) in [6.07, 6.45) is 3.13. The molecule has 0 saturated carbocycles. The van der Waals surface area contributed by atoms with E-state index in [1.54, 1.807) is 4.31 Å². The predicted molar refractivity (Wildman–Crippen MR) is 81.9 cm³/mol. The van der Waals surface area contributed by atoms with Gasteiger partial charge in [0.25, 0.3) is 10.2 Å². The first-order chi connectivity index (χ1) is 9.91. The van der Waals surface area contributed by atoms with Crippen LogP contribution in [-0.2, 0) is 15.0 Å². The molecular formula is C14H27N3O3S. The molecule has 122 valence electrons. The molecule has 0 bridgehead atoms. The third-order valence-corrected chi connectivity index (χ3v) is 7.02. The number of piperidine rings is 1. The number of rotatable bonds is 4. The maximum Gasteiger partial charge on any atom is 0.281 e. The van der Waals surface area contributed by atoms with Gasteiger partial charge in [-0.25, -0.2) is 0 Å². The zero-order valence-electron chi connectivity index (χ0n) is 13.3. The average Bonchev–Trinajstić information content (AvgIpc) is 2.60. The smallest absolute Gasteiger partial charge is 0.281 e. The van der Waals surface area contributed by atoms with Crippen LogP contribution in [0.1, 0.15) is 39.5 Å². The Morgan fingerprint density at radius 3 is 2.52 bits per heavy atom. The number of likely N-dealkylation sites (tertiary alicyclic amines) is 1. The molecule has 2 fully saturated rings. The van der Waals surface area contributed by atoms with Crippen LogP contribution in [0.4, 0.5) is 0 Å². The maximum atomic E-state index is 12.6. The van der Waals surface area contributed by atoms with Crippen LogP contribution in [0.5, 0.6) is 0 Å². The van der Waals surface area contributed by atoms with E-state index in [0.29, 0.717) is 32.6 Å². The minimum Gasteiger partial charge on any atom is -0.342 e. The molecule has 0 radical (unpaired) electrons. The second kappa shape index (κ2) is 6.62. The highest BCUT2D eigenvalue weighted by Crippen LogP contribution is 2.31. The van der Waals surface area contributed by atoms with E-state index in [1.807, 2.05) is 25.8 Å². The van der Waals surface area contributed by atoms with E-state index in [2.05, 4.69) is 0 Å². The molecule has 0 aromatic rings. The largest absolute Gasteiger partial charge is 0.342 e. The number of carbonyl (C=O) groups excluding carboxylic acids is 1. The van der Waals surface area contributed by atoms with Gasteiger partial charge < -0.3 is 4.90 Å². The highest BCUT2D eigenvalue weighted by molar-refractivity contribution is 7.86. The molecule has 7 heteroatoms. The Hall–Kier alpha value is -0.660. The summed E-state index contributed by atoms with van der Waals surface area (Å²) in [5.74, 6) is 0.461. The van der Waals surface area contributed by atoms with Crippen LogP contribution in [0.3, 0.4) is 0 Å². The molecule has 0 spiro atoms. The van der Waals surface area contributed by atoms with Gasteiger partial charge in [0.2, 0.25) is 5.91 Å². The molecule has 2 heterocycles. The van der Waals surface area contributed by atoms with Crippen LogP contribution in [-0.4, -0.2) is 67.1 Å². The average molecular weight is 317 g/mol. The normalized spacial score (nSPS) is 28.6. The van der Waals surface area contributed by atoms with Crippen LogP contribution in [0.2, 0.25) is 0 Å². The summed E-state index contributed by atoms with van der Waals surface area (Å²) in [5, 5.41) is 0. The molecule has 0 aromatic carbocycles. The number of nitrogens with zero attached hydrogens (tertiary/aromatic N) is 3. The topological polar surface area (TPSA) is 60.9 Å². The number of amides is 1. The zero-order chi connectivity index (χ0) is 15.6. The van der Waals surface area contributed by atoms with E-state index < -0.39 is 10.2 Å². The van der Waals surface area contributed by atoms with Crippen molar-refractivity contribution in [1.82, 2.24) is 13.5 Å². The Balaban J connectivity index is 2.14. The second-order valence-electron chi connectivity index (χ2n) is 5.96. The molecule has 2 atom stereocenters. The van der Waals surface area contributed by atoms with E-state index in [4.69, 9.17) is 0 Å². The van der Waals surface area contributed by atoms with Crippen molar-refractivity contribution in [3.63, 3.8) is 0 Å². The van der Waals surface area contributed by atoms with E-state index in [-0.39, 0.29) is 17.9 Å². The van der Waals surface area contributed by atoms with E-state index >= 15 is 0 Å². The molecule has 2 saturated heterocycles. The van der Waals surface area contributed by atoms with Gasteiger partial charge in [-0.1, -0.05) is 13.8 Å². The van der Waals surface area contributed by atoms with Crippen LogP contribution >= 0.6 is 0 Å². The van der Waals surface area contributed by atoms with Crippen molar-refractivity contribution in [2.75, 3.05) is 33.2 Å². The molecule has 0 N–H and O–H groups in total. The lowest BCUT2D eigenvalue weighted by molar-refractivity contribution is -0.132. The van der Waals surface area contributed by atoms with Crippen LogP contribution in [0.25, 0.3) is 0 Å². The fourth-order valence-corrected chi connectivity index (χ4v) is 5.27. The fourth-order valence-electron chi connectivity index (χ4n) is 3.58. The second-order valence-corrected chi connectivity index (χ2v) is 7.89. The third kappa shape index (κ3) is 3.24. The summed E-state index contributed by atoms with van der Waals surface area (Å²) < 4.78 is 28.4. The third-order valence-electron chi connectivity index (χ3n) is 4.87. The molecule has 0 unspecified atom stereocenters. The van der Waals surface area contributed by atoms with Gasteiger partial charge in [-0.3, -0.25) is 4.79 Å². The lowest BCUT2D eigenvalue weighted by Gasteiger charge is -2.41. The van der Waals surface area contributed by atoms with Crippen molar-refractivity contribution >= 4 is 16.1 Å². The van der Waals surface area contributed by atoms with E-state index in [0.717, 1.165) is 19.3 Å². The van der Waals surface area contributed by atoms with Crippen LogP contribution in [0, 0.1) is 5.92 Å². The van der Waals surface area contributed by atoms with Crippen molar-refractivity contribution in [3.8, 4) is 0 Å². The molecule has 0 aromatic heterocycles. The molecule has 1 amide bonds. The van der Waals surface area contributed by atoms with Crippen molar-refractivity contribution < 1.29 is 13.2 Å². The minimum absolute atomic E-state index is 0.197. The number of hydrogen-bond acceptors (Lipinski definition) is 3. The van der Waals surface area contributed by atoms with Gasteiger partial charge in [0.15, 0.2) is 0 Å². The standard InChI is InChI=1S/C14H27N3O3S/c1-4-16(5-2)21(19,20)17-10-9-13-12(11-17)7-6-8-14(18)15(13)3/h12-13H,4-11H2,1-3H3/t12-,13-/m1/s1. The summed E-state index contributed by atoms with van der Waals surface area (Å²) in [4.78, 5) is 13.8. The van der Waals surface area contributed by atoms with Gasteiger partial charge in [0.1, 0.15) is 0 Å². The summed E-state index contributed by atoms with van der Waals surface area (Å²) in [5.41, 5.74) is 0. The predicted octanol–water partition coefficient (Wildman–Crippen LogP) is 0.906. The molecule has 21 heavy (non-hydrogen) atoms. The van der Waals surface area contributed by atoms with Gasteiger partial charge in [-0.2, -0.15) is 17.0 Å². The highest BCUT2D eigenvalue weighted by Gasteiger charge is 2.40. The highest BCUT2D eigenvalue weighted by atomic mass is 32.2. The van der Waals surface area contributed by atoms with Crippen molar-refractivity contribution in [2.45, 2.75) is 45.6 Å². The summed E-state index contributed by atoms with van der Waals surface area (Å²) in [6.45, 7) is 5.79. The number of carbonyl (C=O) groups is 1. The number of fused-ring (bicyclic) bond motifs is 1. The lowest BCUT2D eigenvalue weighted by Crippen LogP contribution is -2.54. The first-order valence-electron chi connectivity index (χ1n) is 7.92. The Morgan fingerprint density at radius 2 is 1.90 bits per heavy atom. The van der Waals surface area contributed by atoms with E-state index in [1.165, 1.54) is 4.31 Å². The van der Waals surface area contributed by atoms with Gasteiger partial charge in [0, 0.05) is 45.7 Å². The molecule has 2 aliphatic heterocycles. The summed E-state index contributed by atoms with van der Waals surface area (Å²) in [7, 11) is -1.49. The Kier molecular flexibility index (Phi) is 5.27. The molecule has 2 aliphatic rings. The Bertz CT molecular complexity index is 476. The Morgan fingerprint density at radius 1 is 1.24 bits per heavy atom. The van der Waals surface area contributed by atoms with E-state index in [9.17, 15) is 13.2 Å². The summed E-state index contributed by atoms with van der Waals surface area (Å²) in [6, 6.07) is 0.197. The van der Waals surface area contributed by atoms with Crippen molar-refractivity contribution in [3.05, 3.63) is 0 Å². The SMILES string of the molecule is CCN(CC)S(=O)(=O)N1CC[C@@H]2[C@H](CCCC(=O)N2C)C1. The van der Waals surface area contributed by atoms with Crippen molar-refractivity contribution in [2.24, 2.45) is 5.92 Å². The fraction of sp³-hybridized carbons (Fsp3) is 0.929. The summed E-state index contributed by atoms with van der Waals surface area (Å²) >= 11 is 0. The molecule has 6 nitrogen and oxygen atoms in total. The van der Waals surface area contributed by atoms with Gasteiger partial charge in [-0.15, -0.1) is 0 Å². The van der Waals surface area contributed by atoms with Crippen LogP contribution < -0.4 is 0 Å². The first-order valence-corrected chi connectivity index (χ1v) is 9.32. The number of hydrogen-bond donors (Lipinski definition) is 0. The lowest BCUT2D eigenvalue weighted by atomic mass is 9.90. The molecular weight excluding hydrogens is 290 g/mol. The maximum absolute atomic E-state index is 12.6. The van der Waals surface area contributed by atoms with Crippen molar-refractivity contribution in [1.29, 1.82) is 0 Å². The van der Waals surface area contributed by atoms with Gasteiger partial charge in [-0.05, 0) is 25.2 Å². The zero-order valence-corrected chi connectivity index (χ0v) is 14.1.